The molecule has 0 unspecified atom stereocenters. The number of ketones is 1. The summed E-state index contributed by atoms with van der Waals surface area (Å²) in [7, 11) is 5.50. The Morgan fingerprint density at radius 2 is 1.62 bits per heavy atom. The van der Waals surface area contributed by atoms with Gasteiger partial charge in [-0.3, -0.25) is 14.9 Å². The average Bonchev–Trinajstić information content (AvgIpc) is 2.67. The summed E-state index contributed by atoms with van der Waals surface area (Å²) in [5.74, 6) is -1.68. The number of allylic oxidation sites excluding steroid dienone is 1. The zero-order valence-electron chi connectivity index (χ0n) is 18.7. The monoisotopic (exact) mass is 466 g/mol. The zero-order chi connectivity index (χ0) is 25.0. The Hall–Kier alpha value is -3.65. The van der Waals surface area contributed by atoms with Gasteiger partial charge in [-0.15, -0.1) is 0 Å². The molecule has 0 atom stereocenters. The lowest BCUT2D eigenvalue weighted by molar-refractivity contribution is -0.385. The second-order valence-corrected chi connectivity index (χ2v) is 8.38. The van der Waals surface area contributed by atoms with Crippen LogP contribution in [0.15, 0.2) is 17.7 Å². The first-order valence-corrected chi connectivity index (χ1v) is 9.45. The maximum atomic E-state index is 12.9. The first-order valence-electron chi connectivity index (χ1n) is 9.07. The van der Waals surface area contributed by atoms with E-state index in [-0.39, 0.29) is 10.8 Å². The Labute approximate surface area is 189 Å². The molecule has 0 aliphatic carbocycles. The van der Waals surface area contributed by atoms with Gasteiger partial charge in [0.15, 0.2) is 17.3 Å². The fourth-order valence-electron chi connectivity index (χ4n) is 2.14. The molecule has 0 radical (unpaired) electrons. The molecule has 0 spiro atoms. The van der Waals surface area contributed by atoms with E-state index < -0.39 is 50.9 Å². The molecule has 12 heteroatoms. The molecule has 0 fully saturated rings. The summed E-state index contributed by atoms with van der Waals surface area (Å²) in [6.45, 7) is 4.58. The predicted octanol–water partition coefficient (Wildman–Crippen LogP) is 3.86. The molecule has 2 amide bonds. The van der Waals surface area contributed by atoms with Crippen molar-refractivity contribution in [2.75, 3.05) is 28.2 Å². The minimum Gasteiger partial charge on any atom is -0.409 e. The number of nitro benzene ring substituents is 1. The van der Waals surface area contributed by atoms with Crippen LogP contribution in [0.5, 0.6) is 5.75 Å². The molecule has 172 valence electrons. The SMILES string of the molecule is CN(C)C(=O)OC(=C(C#N)C(=O)C(C)(C)C)c1cc(OC(=O)N(C)C)c(Cl)cc1[N+](=O)[O-]. The predicted molar refractivity (Wildman–Crippen MR) is 115 cm³/mol. The Morgan fingerprint density at radius 3 is 2.03 bits per heavy atom. The molecule has 1 aromatic carbocycles. The van der Waals surface area contributed by atoms with Crippen molar-refractivity contribution >= 4 is 41.0 Å². The van der Waals surface area contributed by atoms with Crippen molar-refractivity contribution in [1.82, 2.24) is 9.80 Å². The van der Waals surface area contributed by atoms with Crippen LogP contribution in [-0.2, 0) is 9.53 Å². The fraction of sp³-hybridized carbons (Fsp3) is 0.400. The van der Waals surface area contributed by atoms with Gasteiger partial charge >= 0.3 is 12.2 Å². The highest BCUT2D eigenvalue weighted by Crippen LogP contribution is 2.39. The molecule has 0 saturated heterocycles. The highest BCUT2D eigenvalue weighted by atomic mass is 35.5. The molecule has 0 bridgehead atoms. The van der Waals surface area contributed by atoms with Crippen molar-refractivity contribution in [2.45, 2.75) is 20.8 Å². The molecule has 0 aliphatic heterocycles. The summed E-state index contributed by atoms with van der Waals surface area (Å²) in [6.07, 6.45) is -1.83. The maximum absolute atomic E-state index is 12.9. The van der Waals surface area contributed by atoms with E-state index in [0.717, 1.165) is 21.9 Å². The third-order valence-electron chi connectivity index (χ3n) is 3.86. The van der Waals surface area contributed by atoms with Gasteiger partial charge in [0.1, 0.15) is 17.2 Å². The van der Waals surface area contributed by atoms with Crippen LogP contribution in [0.3, 0.4) is 0 Å². The molecule has 0 aliphatic rings. The van der Waals surface area contributed by atoms with E-state index in [1.165, 1.54) is 49.0 Å². The van der Waals surface area contributed by atoms with Crippen LogP contribution >= 0.6 is 11.6 Å². The van der Waals surface area contributed by atoms with Gasteiger partial charge in [-0.2, -0.15) is 5.26 Å². The van der Waals surface area contributed by atoms with E-state index in [4.69, 9.17) is 21.1 Å². The number of nitrogens with zero attached hydrogens (tertiary/aromatic N) is 4. The van der Waals surface area contributed by atoms with Crippen molar-refractivity contribution in [2.24, 2.45) is 5.41 Å². The molecule has 11 nitrogen and oxygen atoms in total. The van der Waals surface area contributed by atoms with Crippen LogP contribution in [0.2, 0.25) is 5.02 Å². The van der Waals surface area contributed by atoms with E-state index >= 15 is 0 Å². The smallest absolute Gasteiger partial charge is 0.409 e. The average molecular weight is 467 g/mol. The van der Waals surface area contributed by atoms with Gasteiger partial charge in [-0.25, -0.2) is 9.59 Å². The summed E-state index contributed by atoms with van der Waals surface area (Å²) in [4.78, 5) is 50.1. The second-order valence-electron chi connectivity index (χ2n) is 7.98. The normalized spacial score (nSPS) is 11.6. The van der Waals surface area contributed by atoms with Crippen LogP contribution in [0.4, 0.5) is 15.3 Å². The van der Waals surface area contributed by atoms with E-state index in [0.29, 0.717) is 0 Å². The quantitative estimate of drug-likeness (QED) is 0.209. The van der Waals surface area contributed by atoms with Gasteiger partial charge in [0.25, 0.3) is 5.69 Å². The number of amides is 2. The maximum Gasteiger partial charge on any atom is 0.414 e. The van der Waals surface area contributed by atoms with Gasteiger partial charge in [0.05, 0.1) is 9.95 Å². The van der Waals surface area contributed by atoms with Crippen molar-refractivity contribution in [1.29, 1.82) is 5.26 Å². The molecule has 32 heavy (non-hydrogen) atoms. The Balaban J connectivity index is 3.99. The summed E-state index contributed by atoms with van der Waals surface area (Å²) >= 11 is 6.04. The lowest BCUT2D eigenvalue weighted by Gasteiger charge is -2.20. The largest absolute Gasteiger partial charge is 0.414 e. The number of halogens is 1. The molecule has 0 saturated carbocycles. The van der Waals surface area contributed by atoms with Gasteiger partial charge in [-0.1, -0.05) is 32.4 Å². The molecular formula is C20H23ClN4O7. The second kappa shape index (κ2) is 10.1. The summed E-state index contributed by atoms with van der Waals surface area (Å²) in [5, 5.41) is 21.1. The number of hydrogen-bond donors (Lipinski definition) is 0. The van der Waals surface area contributed by atoms with Crippen molar-refractivity contribution in [3.8, 4) is 11.8 Å². The van der Waals surface area contributed by atoms with E-state index in [1.807, 2.05) is 0 Å². The lowest BCUT2D eigenvalue weighted by atomic mass is 9.85. The van der Waals surface area contributed by atoms with Crippen molar-refractivity contribution in [3.05, 3.63) is 38.4 Å². The van der Waals surface area contributed by atoms with Gasteiger partial charge in [0, 0.05) is 45.7 Å². The summed E-state index contributed by atoms with van der Waals surface area (Å²) in [6, 6.07) is 3.51. The summed E-state index contributed by atoms with van der Waals surface area (Å²) < 4.78 is 10.3. The standard InChI is InChI=1S/C20H23ClN4O7/c1-20(2,3)17(26)12(10-22)16(32-19(28)24(6)7)11-8-15(31-18(27)23(4)5)13(21)9-14(11)25(29)30/h8-9H,1-7H3. The number of hydrogen-bond acceptors (Lipinski definition) is 8. The highest BCUT2D eigenvalue weighted by molar-refractivity contribution is 6.32. The van der Waals surface area contributed by atoms with Crippen molar-refractivity contribution in [3.63, 3.8) is 0 Å². The minimum atomic E-state index is -1.08. The van der Waals surface area contributed by atoms with Crippen LogP contribution < -0.4 is 4.74 Å². The number of nitro groups is 1. The number of nitriles is 1. The number of Topliss-reactive ketones (excluding diaryl/α,β-unsaturated/α-hetero) is 1. The Kier molecular flexibility index (Phi) is 8.33. The van der Waals surface area contributed by atoms with Crippen LogP contribution in [0, 0.1) is 26.9 Å². The first-order chi connectivity index (χ1) is 14.6. The van der Waals surface area contributed by atoms with Crippen LogP contribution in [-0.4, -0.2) is 60.9 Å². The van der Waals surface area contributed by atoms with Gasteiger partial charge in [-0.05, 0) is 0 Å². The Morgan fingerprint density at radius 1 is 1.09 bits per heavy atom. The topological polar surface area (TPSA) is 143 Å². The van der Waals surface area contributed by atoms with Gasteiger partial charge in [0.2, 0.25) is 0 Å². The van der Waals surface area contributed by atoms with E-state index in [2.05, 4.69) is 0 Å². The van der Waals surface area contributed by atoms with Gasteiger partial charge < -0.3 is 19.3 Å². The lowest BCUT2D eigenvalue weighted by Crippen LogP contribution is -2.27. The Bertz CT molecular complexity index is 1030. The highest BCUT2D eigenvalue weighted by Gasteiger charge is 2.34. The number of ether oxygens (including phenoxy) is 2. The molecule has 0 heterocycles. The van der Waals surface area contributed by atoms with E-state index in [1.54, 1.807) is 6.07 Å². The van der Waals surface area contributed by atoms with Crippen LogP contribution in [0.25, 0.3) is 5.76 Å². The molecule has 0 N–H and O–H groups in total. The molecule has 1 aromatic rings. The van der Waals surface area contributed by atoms with Crippen LogP contribution in [0.1, 0.15) is 26.3 Å². The molecular weight excluding hydrogens is 444 g/mol. The minimum absolute atomic E-state index is 0.283. The number of benzene rings is 1. The molecule has 1 rings (SSSR count). The van der Waals surface area contributed by atoms with Crippen molar-refractivity contribution < 1.29 is 28.8 Å². The first kappa shape index (κ1) is 26.4. The fourth-order valence-corrected chi connectivity index (χ4v) is 2.33. The third-order valence-corrected chi connectivity index (χ3v) is 4.15. The number of carbonyl (C=O) groups excluding carboxylic acids is 3. The zero-order valence-corrected chi connectivity index (χ0v) is 19.4. The number of carbonyl (C=O) groups is 3. The summed E-state index contributed by atoms with van der Waals surface area (Å²) in [5.41, 5.74) is -2.81. The number of rotatable bonds is 5. The third kappa shape index (κ3) is 6.18. The van der Waals surface area contributed by atoms with E-state index in [9.17, 15) is 29.8 Å². The molecule has 0 aromatic heterocycles.